The van der Waals surface area contributed by atoms with Gasteiger partial charge in [0.05, 0.1) is 24.9 Å². The predicted octanol–water partition coefficient (Wildman–Crippen LogP) is 3.95. The first-order chi connectivity index (χ1) is 12.0. The van der Waals surface area contributed by atoms with Crippen LogP contribution in [0.1, 0.15) is 43.7 Å². The number of aryl methyl sites for hydroxylation is 2. The first kappa shape index (κ1) is 22.3. The van der Waals surface area contributed by atoms with Crippen molar-refractivity contribution >= 4 is 29.9 Å². The fraction of sp³-hybridized carbons (Fsp3) is 0.474. The summed E-state index contributed by atoms with van der Waals surface area (Å²) in [6, 6.07) is 8.02. The molecule has 0 fully saturated rings. The quantitative estimate of drug-likeness (QED) is 0.363. The summed E-state index contributed by atoms with van der Waals surface area (Å²) in [6.45, 7) is 11.8. The molecule has 0 saturated heterocycles. The van der Waals surface area contributed by atoms with Gasteiger partial charge in [0.15, 0.2) is 5.96 Å². The minimum Gasteiger partial charge on any atom is -0.491 e. The standard InChI is InChI=1S/C19H28N4O2.HI/c1-6-20-19(22-12-18-23-14(4)15(5)25-18)21-11-16-7-9-17(10-8-16)24-13(2)3;/h7-10,13H,6,11-12H2,1-5H3,(H2,20,21,22);1H. The van der Waals surface area contributed by atoms with E-state index in [1.54, 1.807) is 0 Å². The van der Waals surface area contributed by atoms with Gasteiger partial charge in [0.25, 0.3) is 0 Å². The van der Waals surface area contributed by atoms with Gasteiger partial charge in [-0.1, -0.05) is 12.1 Å². The average Bonchev–Trinajstić information content (AvgIpc) is 2.89. The van der Waals surface area contributed by atoms with Crippen molar-refractivity contribution < 1.29 is 9.15 Å². The van der Waals surface area contributed by atoms with Crippen molar-refractivity contribution in [1.82, 2.24) is 15.6 Å². The number of nitrogens with one attached hydrogen (secondary N) is 2. The summed E-state index contributed by atoms with van der Waals surface area (Å²) in [7, 11) is 0. The number of guanidine groups is 1. The molecule has 0 aliphatic carbocycles. The van der Waals surface area contributed by atoms with Crippen LogP contribution in [0.2, 0.25) is 0 Å². The number of nitrogens with zero attached hydrogens (tertiary/aromatic N) is 2. The van der Waals surface area contributed by atoms with Crippen molar-refractivity contribution in [3.05, 3.63) is 47.2 Å². The monoisotopic (exact) mass is 472 g/mol. The number of hydrogen-bond acceptors (Lipinski definition) is 4. The van der Waals surface area contributed by atoms with Crippen LogP contribution in [0.15, 0.2) is 33.7 Å². The maximum Gasteiger partial charge on any atom is 0.214 e. The van der Waals surface area contributed by atoms with E-state index in [0.29, 0.717) is 19.0 Å². The van der Waals surface area contributed by atoms with Crippen molar-refractivity contribution in [3.8, 4) is 5.75 Å². The molecule has 1 heterocycles. The second-order valence-corrected chi connectivity index (χ2v) is 6.11. The Morgan fingerprint density at radius 3 is 2.42 bits per heavy atom. The number of halogens is 1. The molecule has 2 aromatic rings. The van der Waals surface area contributed by atoms with Gasteiger partial charge in [-0.3, -0.25) is 0 Å². The molecular weight excluding hydrogens is 443 g/mol. The lowest BCUT2D eigenvalue weighted by Gasteiger charge is -2.11. The second kappa shape index (κ2) is 11.1. The molecule has 0 aliphatic rings. The summed E-state index contributed by atoms with van der Waals surface area (Å²) < 4.78 is 11.2. The third-order valence-corrected chi connectivity index (χ3v) is 3.54. The van der Waals surface area contributed by atoms with Crippen LogP contribution in [-0.4, -0.2) is 23.6 Å². The van der Waals surface area contributed by atoms with E-state index in [-0.39, 0.29) is 30.1 Å². The average molecular weight is 472 g/mol. The molecular formula is C19H29IN4O2. The normalized spacial score (nSPS) is 11.2. The van der Waals surface area contributed by atoms with E-state index >= 15 is 0 Å². The Labute approximate surface area is 172 Å². The van der Waals surface area contributed by atoms with Crippen LogP contribution in [0.4, 0.5) is 0 Å². The Morgan fingerprint density at radius 1 is 1.19 bits per heavy atom. The van der Waals surface area contributed by atoms with E-state index in [1.807, 2.05) is 58.9 Å². The highest BCUT2D eigenvalue weighted by atomic mass is 127. The lowest BCUT2D eigenvalue weighted by atomic mass is 10.2. The summed E-state index contributed by atoms with van der Waals surface area (Å²) in [6.07, 6.45) is 0.177. The Kier molecular flexibility index (Phi) is 9.47. The van der Waals surface area contributed by atoms with E-state index in [0.717, 1.165) is 35.3 Å². The SMILES string of the molecule is CCNC(=NCc1ccc(OC(C)C)cc1)NCc1nc(C)c(C)o1.I. The first-order valence-electron chi connectivity index (χ1n) is 8.68. The van der Waals surface area contributed by atoms with Crippen molar-refractivity contribution in [2.75, 3.05) is 6.54 Å². The van der Waals surface area contributed by atoms with Gasteiger partial charge >= 0.3 is 0 Å². The first-order valence-corrected chi connectivity index (χ1v) is 8.68. The van der Waals surface area contributed by atoms with Gasteiger partial charge in [-0.25, -0.2) is 9.98 Å². The van der Waals surface area contributed by atoms with Crippen LogP contribution in [0.25, 0.3) is 0 Å². The highest BCUT2D eigenvalue weighted by molar-refractivity contribution is 14.0. The fourth-order valence-electron chi connectivity index (χ4n) is 2.23. The molecule has 7 heteroatoms. The summed E-state index contributed by atoms with van der Waals surface area (Å²) >= 11 is 0. The number of aromatic nitrogens is 1. The Morgan fingerprint density at radius 2 is 1.88 bits per heavy atom. The van der Waals surface area contributed by atoms with Crippen molar-refractivity contribution in [1.29, 1.82) is 0 Å². The molecule has 26 heavy (non-hydrogen) atoms. The number of aliphatic imine (C=N–C) groups is 1. The molecule has 0 radical (unpaired) electrons. The summed E-state index contributed by atoms with van der Waals surface area (Å²) in [5.41, 5.74) is 2.04. The van der Waals surface area contributed by atoms with Gasteiger partial charge < -0.3 is 19.8 Å². The van der Waals surface area contributed by atoms with Crippen molar-refractivity contribution in [3.63, 3.8) is 0 Å². The maximum absolute atomic E-state index is 5.65. The summed E-state index contributed by atoms with van der Waals surface area (Å²) in [5, 5.41) is 6.47. The minimum atomic E-state index is 0. The third-order valence-electron chi connectivity index (χ3n) is 3.54. The summed E-state index contributed by atoms with van der Waals surface area (Å²) in [4.78, 5) is 8.97. The summed E-state index contributed by atoms with van der Waals surface area (Å²) in [5.74, 6) is 3.12. The number of benzene rings is 1. The van der Waals surface area contributed by atoms with E-state index in [9.17, 15) is 0 Å². The van der Waals surface area contributed by atoms with Crippen LogP contribution in [0, 0.1) is 13.8 Å². The zero-order valence-corrected chi connectivity index (χ0v) is 18.5. The highest BCUT2D eigenvalue weighted by Crippen LogP contribution is 2.14. The van der Waals surface area contributed by atoms with Gasteiger partial charge in [0.2, 0.25) is 5.89 Å². The number of oxazole rings is 1. The third kappa shape index (κ3) is 7.23. The fourth-order valence-corrected chi connectivity index (χ4v) is 2.23. The molecule has 6 nitrogen and oxygen atoms in total. The highest BCUT2D eigenvalue weighted by Gasteiger charge is 2.06. The molecule has 0 unspecified atom stereocenters. The smallest absolute Gasteiger partial charge is 0.214 e. The molecule has 2 N–H and O–H groups in total. The minimum absolute atomic E-state index is 0. The van der Waals surface area contributed by atoms with Crippen LogP contribution in [0.5, 0.6) is 5.75 Å². The lowest BCUT2D eigenvalue weighted by Crippen LogP contribution is -2.36. The number of rotatable bonds is 7. The van der Waals surface area contributed by atoms with Gasteiger partial charge in [0, 0.05) is 6.54 Å². The second-order valence-electron chi connectivity index (χ2n) is 6.11. The van der Waals surface area contributed by atoms with E-state index in [4.69, 9.17) is 9.15 Å². The van der Waals surface area contributed by atoms with E-state index in [2.05, 4.69) is 20.6 Å². The molecule has 0 atom stereocenters. The van der Waals surface area contributed by atoms with Crippen LogP contribution >= 0.6 is 24.0 Å². The molecule has 0 saturated carbocycles. The molecule has 144 valence electrons. The molecule has 1 aromatic carbocycles. The largest absolute Gasteiger partial charge is 0.491 e. The van der Waals surface area contributed by atoms with E-state index < -0.39 is 0 Å². The Hall–Kier alpha value is -1.77. The van der Waals surface area contributed by atoms with Gasteiger partial charge in [-0.2, -0.15) is 0 Å². The lowest BCUT2D eigenvalue weighted by molar-refractivity contribution is 0.242. The molecule has 0 spiro atoms. The molecule has 1 aromatic heterocycles. The van der Waals surface area contributed by atoms with Crippen LogP contribution < -0.4 is 15.4 Å². The number of hydrogen-bond donors (Lipinski definition) is 2. The predicted molar refractivity (Wildman–Crippen MR) is 115 cm³/mol. The molecule has 0 bridgehead atoms. The van der Waals surface area contributed by atoms with Crippen molar-refractivity contribution in [2.45, 2.75) is 53.8 Å². The van der Waals surface area contributed by atoms with Gasteiger partial charge in [-0.05, 0) is 52.3 Å². The molecule has 0 aliphatic heterocycles. The van der Waals surface area contributed by atoms with Crippen LogP contribution in [0.3, 0.4) is 0 Å². The Balaban J connectivity index is 0.00000338. The number of ether oxygens (including phenoxy) is 1. The van der Waals surface area contributed by atoms with Gasteiger partial charge in [0.1, 0.15) is 11.5 Å². The van der Waals surface area contributed by atoms with Crippen molar-refractivity contribution in [2.24, 2.45) is 4.99 Å². The zero-order chi connectivity index (χ0) is 18.2. The van der Waals surface area contributed by atoms with Gasteiger partial charge in [-0.15, -0.1) is 24.0 Å². The zero-order valence-electron chi connectivity index (χ0n) is 16.1. The molecule has 0 amide bonds. The maximum atomic E-state index is 5.65. The van der Waals surface area contributed by atoms with E-state index in [1.165, 1.54) is 0 Å². The topological polar surface area (TPSA) is 71.7 Å². The Bertz CT molecular complexity index is 677. The molecule has 2 rings (SSSR count). The van der Waals surface area contributed by atoms with Crippen LogP contribution in [-0.2, 0) is 13.1 Å².